The molecule has 17 nitrogen and oxygen atoms in total. The number of hydrogen-bond donors (Lipinski definition) is 3. The van der Waals surface area contributed by atoms with E-state index in [9.17, 15) is 43.2 Å². The number of esters is 4. The molecule has 3 N–H and O–H groups in total. The first-order chi connectivity index (χ1) is 44.6. The van der Waals surface area contributed by atoms with Crippen molar-refractivity contribution in [3.05, 3.63) is 0 Å². The number of hydrogen-bond acceptors (Lipinski definition) is 15. The van der Waals surface area contributed by atoms with Gasteiger partial charge in [-0.05, 0) is 49.4 Å². The molecule has 0 saturated carbocycles. The number of carbonyl (C=O) groups excluding carboxylic acids is 4. The summed E-state index contributed by atoms with van der Waals surface area (Å²) in [4.78, 5) is 72.7. The predicted molar refractivity (Wildman–Crippen MR) is 377 cm³/mol. The van der Waals surface area contributed by atoms with Crippen LogP contribution in [0.15, 0.2) is 0 Å². The van der Waals surface area contributed by atoms with E-state index in [2.05, 4.69) is 55.4 Å². The van der Waals surface area contributed by atoms with Gasteiger partial charge >= 0.3 is 39.5 Å². The third kappa shape index (κ3) is 67.0. The van der Waals surface area contributed by atoms with Gasteiger partial charge in [0.15, 0.2) is 12.2 Å². The molecule has 0 aliphatic carbocycles. The summed E-state index contributed by atoms with van der Waals surface area (Å²) in [6, 6.07) is 0. The molecule has 0 radical (unpaired) electrons. The van der Waals surface area contributed by atoms with E-state index < -0.39 is 97.5 Å². The van der Waals surface area contributed by atoms with Crippen molar-refractivity contribution < 1.29 is 80.2 Å². The van der Waals surface area contributed by atoms with Gasteiger partial charge in [0.25, 0.3) is 0 Å². The lowest BCUT2D eigenvalue weighted by Crippen LogP contribution is -2.30. The summed E-state index contributed by atoms with van der Waals surface area (Å²) in [7, 11) is -9.91. The molecule has 0 aromatic rings. The van der Waals surface area contributed by atoms with Gasteiger partial charge < -0.3 is 33.8 Å². The van der Waals surface area contributed by atoms with Crippen LogP contribution in [0.1, 0.15) is 370 Å². The predicted octanol–water partition coefficient (Wildman–Crippen LogP) is 21.3. The molecule has 0 aromatic heterocycles. The van der Waals surface area contributed by atoms with E-state index in [-0.39, 0.29) is 25.7 Å². The lowest BCUT2D eigenvalue weighted by atomic mass is 9.99. The second-order valence-electron chi connectivity index (χ2n) is 28.4. The highest BCUT2D eigenvalue weighted by molar-refractivity contribution is 7.47. The lowest BCUT2D eigenvalue weighted by Gasteiger charge is -2.21. The normalized spacial score (nSPS) is 14.5. The summed E-state index contributed by atoms with van der Waals surface area (Å²) in [6.45, 7) is 14.1. The van der Waals surface area contributed by atoms with Crippen molar-refractivity contribution in [3.8, 4) is 0 Å². The highest BCUT2D eigenvalue weighted by Crippen LogP contribution is 2.45. The Balaban J connectivity index is 5.23. The standard InChI is InChI=1S/C74H144O17P2/c1-9-67(8)53-45-37-29-23-24-32-41-49-57-74(79)91-70(61-85-72(77)55-47-39-33-25-28-36-44-52-66(6)7)63-89-93(82,83)87-59-68(75)58-86-92(80,81)88-62-69(60-84-71(76)54-46-38-30-22-18-20-27-35-43-51-65(4)5)90-73(78)56-48-40-31-21-17-15-13-11-10-12-14-16-19-26-34-42-50-64(2)3/h64-70,75H,9-63H2,1-8H3,(H,80,81)(H,82,83)/t67?,68?,69-,70-/m1/s1. The summed E-state index contributed by atoms with van der Waals surface area (Å²) in [5, 5.41) is 10.6. The lowest BCUT2D eigenvalue weighted by molar-refractivity contribution is -0.161. The van der Waals surface area contributed by atoms with E-state index in [0.717, 1.165) is 114 Å². The molecule has 0 bridgehead atoms. The first-order valence-corrected chi connectivity index (χ1v) is 41.2. The van der Waals surface area contributed by atoms with Crippen LogP contribution in [0.3, 0.4) is 0 Å². The van der Waals surface area contributed by atoms with E-state index in [1.165, 1.54) is 167 Å². The minimum atomic E-state index is -4.96. The highest BCUT2D eigenvalue weighted by Gasteiger charge is 2.30. The quantitative estimate of drug-likeness (QED) is 0.0222. The number of carbonyl (C=O) groups is 4. The van der Waals surface area contributed by atoms with Crippen molar-refractivity contribution in [3.63, 3.8) is 0 Å². The molecular formula is C74H144O17P2. The topological polar surface area (TPSA) is 237 Å². The Hall–Kier alpha value is -1.94. The second kappa shape index (κ2) is 63.5. The maximum absolute atomic E-state index is 13.1. The van der Waals surface area contributed by atoms with Gasteiger partial charge in [0.2, 0.25) is 0 Å². The monoisotopic (exact) mass is 1370 g/mol. The molecule has 0 spiro atoms. The van der Waals surface area contributed by atoms with Gasteiger partial charge in [-0.25, -0.2) is 9.13 Å². The third-order valence-electron chi connectivity index (χ3n) is 17.4. The Morgan fingerprint density at radius 2 is 0.516 bits per heavy atom. The number of unbranched alkanes of at least 4 members (excludes halogenated alkanes) is 36. The molecule has 4 unspecified atom stereocenters. The summed E-state index contributed by atoms with van der Waals surface area (Å²) >= 11 is 0. The molecule has 0 rings (SSSR count). The Kier molecular flexibility index (Phi) is 62.2. The zero-order valence-corrected chi connectivity index (χ0v) is 62.7. The average Bonchev–Trinajstić information content (AvgIpc) is 2.09. The molecule has 0 fully saturated rings. The molecule has 0 aliphatic heterocycles. The molecule has 0 aliphatic rings. The van der Waals surface area contributed by atoms with E-state index in [4.69, 9.17) is 37.0 Å². The van der Waals surface area contributed by atoms with Gasteiger partial charge in [-0.3, -0.25) is 37.3 Å². The van der Waals surface area contributed by atoms with Crippen LogP contribution in [0.5, 0.6) is 0 Å². The molecule has 19 heteroatoms. The summed E-state index contributed by atoms with van der Waals surface area (Å²) < 4.78 is 68.4. The average molecular weight is 1370 g/mol. The van der Waals surface area contributed by atoms with Crippen molar-refractivity contribution >= 4 is 39.5 Å². The highest BCUT2D eigenvalue weighted by atomic mass is 31.2. The zero-order valence-electron chi connectivity index (χ0n) is 60.9. The van der Waals surface area contributed by atoms with E-state index in [1.54, 1.807) is 0 Å². The summed E-state index contributed by atoms with van der Waals surface area (Å²) in [6.07, 6.45) is 47.3. The summed E-state index contributed by atoms with van der Waals surface area (Å²) in [5.74, 6) is 0.901. The van der Waals surface area contributed by atoms with Crippen LogP contribution in [0.25, 0.3) is 0 Å². The number of aliphatic hydroxyl groups excluding tert-OH is 1. The Bertz CT molecular complexity index is 1840. The van der Waals surface area contributed by atoms with E-state index in [1.807, 2.05) is 0 Å². The van der Waals surface area contributed by atoms with Gasteiger partial charge in [0.1, 0.15) is 19.3 Å². The van der Waals surface area contributed by atoms with Crippen molar-refractivity contribution in [1.29, 1.82) is 0 Å². The van der Waals surface area contributed by atoms with Crippen molar-refractivity contribution in [2.75, 3.05) is 39.6 Å². The first-order valence-electron chi connectivity index (χ1n) is 38.2. The van der Waals surface area contributed by atoms with Crippen LogP contribution in [0.2, 0.25) is 0 Å². The second-order valence-corrected chi connectivity index (χ2v) is 31.3. The number of ether oxygens (including phenoxy) is 4. The number of phosphoric acid groups is 2. The Labute approximate surface area is 568 Å². The van der Waals surface area contributed by atoms with Crippen LogP contribution in [-0.4, -0.2) is 96.7 Å². The third-order valence-corrected chi connectivity index (χ3v) is 19.3. The molecule has 93 heavy (non-hydrogen) atoms. The minimum absolute atomic E-state index is 0.104. The SMILES string of the molecule is CCC(C)CCCCCCCCCCC(=O)O[C@H](COC(=O)CCCCCCCCCC(C)C)COP(=O)(O)OCC(O)COP(=O)(O)OC[C@@H](COC(=O)CCCCCCCCCCCC(C)C)OC(=O)CCCCCCCCCCCCCCCCCCC(C)C. The van der Waals surface area contributed by atoms with Gasteiger partial charge in [0, 0.05) is 25.7 Å². The van der Waals surface area contributed by atoms with Crippen molar-refractivity contribution in [2.45, 2.75) is 388 Å². The van der Waals surface area contributed by atoms with E-state index in [0.29, 0.717) is 31.6 Å². The molecule has 0 aromatic carbocycles. The van der Waals surface area contributed by atoms with Gasteiger partial charge in [0.05, 0.1) is 26.4 Å². The van der Waals surface area contributed by atoms with Crippen LogP contribution in [0, 0.1) is 23.7 Å². The largest absolute Gasteiger partial charge is 0.472 e. The fourth-order valence-electron chi connectivity index (χ4n) is 11.2. The van der Waals surface area contributed by atoms with Crippen molar-refractivity contribution in [1.82, 2.24) is 0 Å². The van der Waals surface area contributed by atoms with Crippen LogP contribution < -0.4 is 0 Å². The maximum atomic E-state index is 13.1. The number of phosphoric ester groups is 2. The smallest absolute Gasteiger partial charge is 0.462 e. The van der Waals surface area contributed by atoms with Gasteiger partial charge in [-0.1, -0.05) is 319 Å². The maximum Gasteiger partial charge on any atom is 0.472 e. The van der Waals surface area contributed by atoms with E-state index >= 15 is 0 Å². The summed E-state index contributed by atoms with van der Waals surface area (Å²) in [5.41, 5.74) is 0. The van der Waals surface area contributed by atoms with Crippen LogP contribution in [0.4, 0.5) is 0 Å². The molecule has 0 saturated heterocycles. The first kappa shape index (κ1) is 91.1. The fraction of sp³-hybridized carbons (Fsp3) is 0.946. The van der Waals surface area contributed by atoms with Gasteiger partial charge in [-0.15, -0.1) is 0 Å². The van der Waals surface area contributed by atoms with Crippen LogP contribution >= 0.6 is 15.6 Å². The Morgan fingerprint density at radius 3 is 0.763 bits per heavy atom. The molecule has 0 heterocycles. The number of rotatable bonds is 71. The fourth-order valence-corrected chi connectivity index (χ4v) is 12.7. The van der Waals surface area contributed by atoms with Crippen LogP contribution in [-0.2, 0) is 65.4 Å². The Morgan fingerprint density at radius 1 is 0.301 bits per heavy atom. The molecule has 0 amide bonds. The van der Waals surface area contributed by atoms with Gasteiger partial charge in [-0.2, -0.15) is 0 Å². The molecule has 6 atom stereocenters. The minimum Gasteiger partial charge on any atom is -0.462 e. The zero-order chi connectivity index (χ0) is 68.9. The number of aliphatic hydroxyl groups is 1. The molecule has 552 valence electrons. The van der Waals surface area contributed by atoms with Crippen molar-refractivity contribution in [2.24, 2.45) is 23.7 Å². The molecular weight excluding hydrogens is 1220 g/mol.